The molecule has 0 aliphatic heterocycles. The second-order valence-electron chi connectivity index (χ2n) is 3.90. The average Bonchev–Trinajstić information content (AvgIpc) is 2.28. The highest BCUT2D eigenvalue weighted by atomic mass is 19.1. The molecular formula is C12H17FN2O2. The molecule has 1 rings (SSSR count). The fraction of sp³-hybridized carbons (Fsp3) is 0.500. The molecular weight excluding hydrogens is 223 g/mol. The Morgan fingerprint density at radius 3 is 2.65 bits per heavy atom. The summed E-state index contributed by atoms with van der Waals surface area (Å²) in [7, 11) is 0. The maximum absolute atomic E-state index is 12.8. The number of nitrogens with zero attached hydrogens (tertiary/aromatic N) is 1. The fourth-order valence-electron chi connectivity index (χ4n) is 1.93. The van der Waals surface area contributed by atoms with Crippen LogP contribution in [0.5, 0.6) is 0 Å². The molecule has 94 valence electrons. The van der Waals surface area contributed by atoms with Crippen LogP contribution in [0.3, 0.4) is 0 Å². The molecule has 0 radical (unpaired) electrons. The van der Waals surface area contributed by atoms with E-state index >= 15 is 0 Å². The Balaban J connectivity index is 3.10. The van der Waals surface area contributed by atoms with Gasteiger partial charge in [-0.15, -0.1) is 0 Å². The van der Waals surface area contributed by atoms with E-state index in [1.54, 1.807) is 0 Å². The number of aromatic nitrogens is 1. The lowest BCUT2D eigenvalue weighted by Gasteiger charge is -2.31. The van der Waals surface area contributed by atoms with Crippen molar-refractivity contribution in [2.24, 2.45) is 0 Å². The molecule has 0 amide bonds. The van der Waals surface area contributed by atoms with E-state index in [1.807, 2.05) is 13.8 Å². The van der Waals surface area contributed by atoms with Crippen molar-refractivity contribution in [2.75, 3.05) is 6.54 Å². The lowest BCUT2D eigenvalue weighted by molar-refractivity contribution is -0.139. The molecule has 0 aliphatic carbocycles. The lowest BCUT2D eigenvalue weighted by Crippen LogP contribution is -2.44. The van der Waals surface area contributed by atoms with Crippen molar-refractivity contribution < 1.29 is 14.3 Å². The van der Waals surface area contributed by atoms with E-state index < -0.39 is 17.3 Å². The zero-order valence-electron chi connectivity index (χ0n) is 10.0. The number of carboxylic acids is 1. The third-order valence-corrected chi connectivity index (χ3v) is 2.79. The van der Waals surface area contributed by atoms with Crippen molar-refractivity contribution in [3.05, 3.63) is 29.8 Å². The van der Waals surface area contributed by atoms with Crippen molar-refractivity contribution in [3.63, 3.8) is 0 Å². The van der Waals surface area contributed by atoms with Gasteiger partial charge in [0.2, 0.25) is 0 Å². The van der Waals surface area contributed by atoms with E-state index in [0.29, 0.717) is 18.7 Å². The Kier molecular flexibility index (Phi) is 4.57. The number of nitrogens with one attached hydrogen (secondary N) is 1. The van der Waals surface area contributed by atoms with Crippen molar-refractivity contribution in [1.82, 2.24) is 10.3 Å². The summed E-state index contributed by atoms with van der Waals surface area (Å²) in [5.74, 6) is -1.33. The molecule has 2 N–H and O–H groups in total. The standard InChI is InChI=1S/C12H17FN2O2/c1-3-12(15-4-2,7-11(16)17)10-6-5-9(13)8-14-10/h5-6,8,15H,3-4,7H2,1-2H3,(H,16,17). The summed E-state index contributed by atoms with van der Waals surface area (Å²) in [5, 5.41) is 12.1. The minimum absolute atomic E-state index is 0.0734. The predicted octanol–water partition coefficient (Wildman–Crippen LogP) is 1.91. The molecule has 0 aromatic carbocycles. The molecule has 1 unspecified atom stereocenters. The molecule has 5 heteroatoms. The predicted molar refractivity (Wildman–Crippen MR) is 62.1 cm³/mol. The van der Waals surface area contributed by atoms with Gasteiger partial charge in [0.25, 0.3) is 0 Å². The number of hydrogen-bond acceptors (Lipinski definition) is 3. The molecule has 4 nitrogen and oxygen atoms in total. The smallest absolute Gasteiger partial charge is 0.305 e. The van der Waals surface area contributed by atoms with Gasteiger partial charge in [0.1, 0.15) is 5.82 Å². The van der Waals surface area contributed by atoms with Crippen molar-refractivity contribution >= 4 is 5.97 Å². The van der Waals surface area contributed by atoms with Gasteiger partial charge in [0.15, 0.2) is 0 Å². The van der Waals surface area contributed by atoms with Gasteiger partial charge < -0.3 is 10.4 Å². The van der Waals surface area contributed by atoms with Gasteiger partial charge in [0, 0.05) is 0 Å². The van der Waals surface area contributed by atoms with E-state index in [-0.39, 0.29) is 6.42 Å². The van der Waals surface area contributed by atoms with Crippen LogP contribution < -0.4 is 5.32 Å². The van der Waals surface area contributed by atoms with Gasteiger partial charge in [-0.3, -0.25) is 9.78 Å². The maximum atomic E-state index is 12.8. The first kappa shape index (κ1) is 13.6. The summed E-state index contributed by atoms with van der Waals surface area (Å²) in [5.41, 5.74) is -0.167. The molecule has 1 atom stereocenters. The van der Waals surface area contributed by atoms with Crippen molar-refractivity contribution in [2.45, 2.75) is 32.2 Å². The summed E-state index contributed by atoms with van der Waals surface area (Å²) in [6, 6.07) is 2.83. The van der Waals surface area contributed by atoms with Crippen LogP contribution >= 0.6 is 0 Å². The lowest BCUT2D eigenvalue weighted by atomic mass is 9.87. The van der Waals surface area contributed by atoms with E-state index in [0.717, 1.165) is 6.20 Å². The molecule has 0 saturated carbocycles. The van der Waals surface area contributed by atoms with Gasteiger partial charge in [-0.05, 0) is 25.1 Å². The average molecular weight is 240 g/mol. The first-order chi connectivity index (χ1) is 8.04. The van der Waals surface area contributed by atoms with Gasteiger partial charge in [0.05, 0.1) is 23.9 Å². The first-order valence-electron chi connectivity index (χ1n) is 5.63. The number of carbonyl (C=O) groups is 1. The second-order valence-corrected chi connectivity index (χ2v) is 3.90. The zero-order valence-corrected chi connectivity index (χ0v) is 10.0. The van der Waals surface area contributed by atoms with E-state index in [2.05, 4.69) is 10.3 Å². The molecule has 17 heavy (non-hydrogen) atoms. The molecule has 0 fully saturated rings. The summed E-state index contributed by atoms with van der Waals surface area (Å²) in [6.07, 6.45) is 1.61. The topological polar surface area (TPSA) is 62.2 Å². The van der Waals surface area contributed by atoms with Crippen LogP contribution in [0.2, 0.25) is 0 Å². The molecule has 0 saturated heterocycles. The number of aliphatic carboxylic acids is 1. The van der Waals surface area contributed by atoms with Gasteiger partial charge in [-0.1, -0.05) is 13.8 Å². The quantitative estimate of drug-likeness (QED) is 0.797. The highest BCUT2D eigenvalue weighted by Crippen LogP contribution is 2.27. The van der Waals surface area contributed by atoms with E-state index in [1.165, 1.54) is 12.1 Å². The summed E-state index contributed by atoms with van der Waals surface area (Å²) in [6.45, 7) is 4.41. The third-order valence-electron chi connectivity index (χ3n) is 2.79. The molecule has 0 aliphatic rings. The number of halogens is 1. The van der Waals surface area contributed by atoms with Crippen molar-refractivity contribution in [1.29, 1.82) is 0 Å². The molecule has 1 aromatic rings. The van der Waals surface area contributed by atoms with E-state index in [9.17, 15) is 9.18 Å². The SMILES string of the molecule is CCNC(CC)(CC(=O)O)c1ccc(F)cn1. The van der Waals surface area contributed by atoms with Crippen LogP contribution in [0.4, 0.5) is 4.39 Å². The molecule has 1 heterocycles. The minimum atomic E-state index is -0.904. The van der Waals surface area contributed by atoms with E-state index in [4.69, 9.17) is 5.11 Å². The highest BCUT2D eigenvalue weighted by Gasteiger charge is 2.33. The van der Waals surface area contributed by atoms with Gasteiger partial charge >= 0.3 is 5.97 Å². The number of rotatable bonds is 6. The number of hydrogen-bond donors (Lipinski definition) is 2. The Bertz CT molecular complexity index is 381. The molecule has 1 aromatic heterocycles. The highest BCUT2D eigenvalue weighted by molar-refractivity contribution is 5.68. The Morgan fingerprint density at radius 1 is 1.53 bits per heavy atom. The van der Waals surface area contributed by atoms with Crippen LogP contribution in [-0.4, -0.2) is 22.6 Å². The molecule has 0 bridgehead atoms. The van der Waals surface area contributed by atoms with Gasteiger partial charge in [-0.25, -0.2) is 4.39 Å². The fourth-order valence-corrected chi connectivity index (χ4v) is 1.93. The van der Waals surface area contributed by atoms with Crippen molar-refractivity contribution in [3.8, 4) is 0 Å². The summed E-state index contributed by atoms with van der Waals surface area (Å²) < 4.78 is 12.8. The van der Waals surface area contributed by atoms with Crippen LogP contribution in [0.1, 0.15) is 32.4 Å². The number of carboxylic acid groups (broad SMARTS) is 1. The zero-order chi connectivity index (χ0) is 12.9. The maximum Gasteiger partial charge on any atom is 0.305 e. The summed E-state index contributed by atoms with van der Waals surface area (Å²) >= 11 is 0. The normalized spacial score (nSPS) is 14.3. The molecule has 0 spiro atoms. The largest absolute Gasteiger partial charge is 0.481 e. The number of pyridine rings is 1. The first-order valence-corrected chi connectivity index (χ1v) is 5.63. The van der Waals surface area contributed by atoms with Crippen LogP contribution in [0, 0.1) is 5.82 Å². The van der Waals surface area contributed by atoms with Crippen LogP contribution in [-0.2, 0) is 10.3 Å². The summed E-state index contributed by atoms with van der Waals surface area (Å²) in [4.78, 5) is 14.9. The monoisotopic (exact) mass is 240 g/mol. The second kappa shape index (κ2) is 5.72. The Morgan fingerprint density at radius 2 is 2.24 bits per heavy atom. The van der Waals surface area contributed by atoms with Crippen LogP contribution in [0.15, 0.2) is 18.3 Å². The van der Waals surface area contributed by atoms with Crippen LogP contribution in [0.25, 0.3) is 0 Å². The Hall–Kier alpha value is -1.49. The Labute approximate surface area is 99.9 Å². The van der Waals surface area contributed by atoms with Gasteiger partial charge in [-0.2, -0.15) is 0 Å². The minimum Gasteiger partial charge on any atom is -0.481 e. The third kappa shape index (κ3) is 3.23.